The van der Waals surface area contributed by atoms with E-state index in [2.05, 4.69) is 19.9 Å². The van der Waals surface area contributed by atoms with Crippen LogP contribution >= 0.6 is 11.6 Å². The molecule has 0 aliphatic heterocycles. The summed E-state index contributed by atoms with van der Waals surface area (Å²) in [5.41, 5.74) is 1.69. The average Bonchev–Trinajstić information content (AvgIpc) is 3.67. The van der Waals surface area contributed by atoms with Crippen molar-refractivity contribution in [2.24, 2.45) is 0 Å². The number of aromatic nitrogens is 5. The third-order valence-corrected chi connectivity index (χ3v) is 7.21. The van der Waals surface area contributed by atoms with Crippen molar-refractivity contribution in [2.45, 2.75) is 57.7 Å². The molecule has 4 aromatic heterocycles. The summed E-state index contributed by atoms with van der Waals surface area (Å²) >= 11 is 6.61. The maximum atomic E-state index is 13.5. The molecule has 202 valence electrons. The molecule has 2 atom stereocenters. The van der Waals surface area contributed by atoms with E-state index in [0.29, 0.717) is 40.4 Å². The van der Waals surface area contributed by atoms with E-state index in [4.69, 9.17) is 11.6 Å². The Balaban J connectivity index is 1.49. The van der Waals surface area contributed by atoms with Gasteiger partial charge >= 0.3 is 6.18 Å². The predicted molar refractivity (Wildman–Crippen MR) is 140 cm³/mol. The second-order valence-electron chi connectivity index (χ2n) is 10.3. The molecular formula is C28H25ClF3N5O2. The van der Waals surface area contributed by atoms with E-state index in [-0.39, 0.29) is 22.7 Å². The van der Waals surface area contributed by atoms with E-state index >= 15 is 0 Å². The zero-order chi connectivity index (χ0) is 28.3. The molecule has 0 aromatic carbocycles. The zero-order valence-corrected chi connectivity index (χ0v) is 22.3. The van der Waals surface area contributed by atoms with Crippen LogP contribution in [0.4, 0.5) is 13.2 Å². The fourth-order valence-electron chi connectivity index (χ4n) is 4.65. The fraction of sp³-hybridized carbons (Fsp3) is 0.321. The van der Waals surface area contributed by atoms with Gasteiger partial charge in [0.25, 0.3) is 5.56 Å². The van der Waals surface area contributed by atoms with Gasteiger partial charge in [-0.25, -0.2) is 9.97 Å². The minimum Gasteiger partial charge on any atom is -0.382 e. The number of aliphatic hydroxyl groups is 1. The van der Waals surface area contributed by atoms with Crippen LogP contribution in [0.3, 0.4) is 0 Å². The van der Waals surface area contributed by atoms with Gasteiger partial charge in [-0.1, -0.05) is 11.6 Å². The lowest BCUT2D eigenvalue weighted by Crippen LogP contribution is -2.23. The van der Waals surface area contributed by atoms with E-state index in [1.54, 1.807) is 39.1 Å². The lowest BCUT2D eigenvalue weighted by molar-refractivity contribution is -0.137. The molecule has 5 rings (SSSR count). The standard InChI is InChI=1S/C28H25ClF3N5O2/c1-14-12-34-22(21-7-8-33-26(36-21)27(3,4)39)11-23(14)37-15(2)9-19(24(29)25(37)38)17-10-18(17)20-6-5-16(13-35-20)28(30,31)32/h5-9,11-13,17-18,39H,10H2,1-4H3/t17-,18-/m0/s1. The molecule has 39 heavy (non-hydrogen) atoms. The van der Waals surface area contributed by atoms with E-state index in [9.17, 15) is 23.1 Å². The smallest absolute Gasteiger partial charge is 0.382 e. The van der Waals surface area contributed by atoms with Crippen molar-refractivity contribution in [3.63, 3.8) is 0 Å². The molecule has 4 aromatic rings. The third kappa shape index (κ3) is 5.18. The molecular weight excluding hydrogens is 531 g/mol. The van der Waals surface area contributed by atoms with Crippen molar-refractivity contribution in [3.05, 3.63) is 98.2 Å². The highest BCUT2D eigenvalue weighted by Crippen LogP contribution is 2.55. The molecule has 0 spiro atoms. The molecule has 0 bridgehead atoms. The van der Waals surface area contributed by atoms with Gasteiger partial charge in [0.15, 0.2) is 5.82 Å². The van der Waals surface area contributed by atoms with Gasteiger partial charge in [0.2, 0.25) is 0 Å². The van der Waals surface area contributed by atoms with Crippen molar-refractivity contribution in [1.29, 1.82) is 0 Å². The molecule has 0 amide bonds. The molecule has 1 saturated carbocycles. The van der Waals surface area contributed by atoms with Gasteiger partial charge < -0.3 is 5.11 Å². The first-order valence-corrected chi connectivity index (χ1v) is 12.6. The molecule has 0 radical (unpaired) electrons. The van der Waals surface area contributed by atoms with Crippen LogP contribution in [0, 0.1) is 13.8 Å². The molecule has 1 aliphatic rings. The average molecular weight is 556 g/mol. The van der Waals surface area contributed by atoms with Crippen molar-refractivity contribution < 1.29 is 18.3 Å². The largest absolute Gasteiger partial charge is 0.417 e. The molecule has 0 unspecified atom stereocenters. The molecule has 1 N–H and O–H groups in total. The number of alkyl halides is 3. The lowest BCUT2D eigenvalue weighted by Gasteiger charge is -2.17. The SMILES string of the molecule is Cc1cnc(-c2ccnc(C(C)(C)O)n2)cc1-n1c(C)cc([C@H]2C[C@@H]2c2ccc(C(F)(F)F)cn2)c(Cl)c1=O. The number of rotatable bonds is 5. The maximum Gasteiger partial charge on any atom is 0.417 e. The number of aryl methyl sites for hydroxylation is 2. The summed E-state index contributed by atoms with van der Waals surface area (Å²) in [7, 11) is 0. The van der Waals surface area contributed by atoms with Crippen LogP contribution in [0.2, 0.25) is 5.02 Å². The minimum absolute atomic E-state index is 0.0594. The van der Waals surface area contributed by atoms with Gasteiger partial charge in [-0.2, -0.15) is 13.2 Å². The number of hydrogen-bond acceptors (Lipinski definition) is 6. The molecule has 4 heterocycles. The summed E-state index contributed by atoms with van der Waals surface area (Å²) in [5, 5.41) is 10.4. The maximum absolute atomic E-state index is 13.5. The van der Waals surface area contributed by atoms with Crippen LogP contribution in [0.1, 0.15) is 66.0 Å². The summed E-state index contributed by atoms with van der Waals surface area (Å²) in [6.45, 7) is 6.80. The van der Waals surface area contributed by atoms with Gasteiger partial charge in [0, 0.05) is 35.9 Å². The Morgan fingerprint density at radius 1 is 1.00 bits per heavy atom. The van der Waals surface area contributed by atoms with Gasteiger partial charge in [0.1, 0.15) is 10.6 Å². The molecule has 11 heteroatoms. The van der Waals surface area contributed by atoms with Crippen molar-refractivity contribution in [1.82, 2.24) is 24.5 Å². The first-order chi connectivity index (χ1) is 18.3. The topological polar surface area (TPSA) is 93.8 Å². The first-order valence-electron chi connectivity index (χ1n) is 12.2. The van der Waals surface area contributed by atoms with Gasteiger partial charge in [0.05, 0.1) is 22.6 Å². The lowest BCUT2D eigenvalue weighted by atomic mass is 10.1. The normalized spacial score (nSPS) is 17.4. The molecule has 7 nitrogen and oxygen atoms in total. The Labute approximate surface area is 227 Å². The summed E-state index contributed by atoms with van der Waals surface area (Å²) in [4.78, 5) is 30.6. The Kier molecular flexibility index (Phi) is 6.59. The van der Waals surface area contributed by atoms with Crippen LogP contribution in [-0.2, 0) is 11.8 Å². The minimum atomic E-state index is -4.45. The van der Waals surface area contributed by atoms with Crippen molar-refractivity contribution >= 4 is 11.6 Å². The van der Waals surface area contributed by atoms with Crippen LogP contribution in [0.25, 0.3) is 17.1 Å². The number of nitrogens with zero attached hydrogens (tertiary/aromatic N) is 5. The van der Waals surface area contributed by atoms with Gasteiger partial charge in [-0.15, -0.1) is 0 Å². The monoisotopic (exact) mass is 555 g/mol. The van der Waals surface area contributed by atoms with Gasteiger partial charge in [-0.3, -0.25) is 19.3 Å². The second kappa shape index (κ2) is 9.53. The predicted octanol–water partition coefficient (Wildman–Crippen LogP) is 5.87. The van der Waals surface area contributed by atoms with Crippen LogP contribution in [0.15, 0.2) is 53.7 Å². The van der Waals surface area contributed by atoms with E-state index in [0.717, 1.165) is 17.8 Å². The van der Waals surface area contributed by atoms with Crippen LogP contribution < -0.4 is 5.56 Å². The molecule has 1 fully saturated rings. The molecule has 0 saturated heterocycles. The Bertz CT molecular complexity index is 1630. The highest BCUT2D eigenvalue weighted by Gasteiger charge is 2.43. The summed E-state index contributed by atoms with van der Waals surface area (Å²) in [5.74, 6) is 0.0146. The Hall–Kier alpha value is -3.63. The van der Waals surface area contributed by atoms with E-state index in [1.165, 1.54) is 16.8 Å². The Morgan fingerprint density at radius 3 is 2.38 bits per heavy atom. The first kappa shape index (κ1) is 27.0. The van der Waals surface area contributed by atoms with Crippen LogP contribution in [-0.4, -0.2) is 29.6 Å². The highest BCUT2D eigenvalue weighted by atomic mass is 35.5. The number of hydrogen-bond donors (Lipinski definition) is 1. The second-order valence-corrected chi connectivity index (χ2v) is 10.7. The van der Waals surface area contributed by atoms with Crippen LogP contribution in [0.5, 0.6) is 0 Å². The molecule has 1 aliphatic carbocycles. The van der Waals surface area contributed by atoms with Gasteiger partial charge in [-0.05, 0) is 81.5 Å². The van der Waals surface area contributed by atoms with Crippen molar-refractivity contribution in [2.75, 3.05) is 0 Å². The van der Waals surface area contributed by atoms with Crippen molar-refractivity contribution in [3.8, 4) is 17.1 Å². The summed E-state index contributed by atoms with van der Waals surface area (Å²) in [6, 6.07) is 7.66. The Morgan fingerprint density at radius 2 is 1.74 bits per heavy atom. The number of pyridine rings is 3. The highest BCUT2D eigenvalue weighted by molar-refractivity contribution is 6.31. The zero-order valence-electron chi connectivity index (χ0n) is 21.6. The summed E-state index contributed by atoms with van der Waals surface area (Å²) in [6.07, 6.45) is 0.197. The number of halogens is 4. The fourth-order valence-corrected chi connectivity index (χ4v) is 4.93. The summed E-state index contributed by atoms with van der Waals surface area (Å²) < 4.78 is 40.2. The third-order valence-electron chi connectivity index (χ3n) is 6.83. The van der Waals surface area contributed by atoms with E-state index in [1.807, 2.05) is 13.0 Å². The quantitative estimate of drug-likeness (QED) is 0.331. The van der Waals surface area contributed by atoms with E-state index < -0.39 is 22.9 Å².